The molecule has 17 heavy (non-hydrogen) atoms. The highest BCUT2D eigenvalue weighted by Gasteiger charge is 2.09. The minimum Gasteiger partial charge on any atom is -0.399 e. The lowest BCUT2D eigenvalue weighted by atomic mass is 10.2. The van der Waals surface area contributed by atoms with Crippen LogP contribution < -0.4 is 11.1 Å². The zero-order valence-electron chi connectivity index (χ0n) is 8.85. The van der Waals surface area contributed by atoms with Crippen molar-refractivity contribution in [1.29, 1.82) is 0 Å². The molecule has 0 aliphatic heterocycles. The van der Waals surface area contributed by atoms with Crippen molar-refractivity contribution in [2.75, 3.05) is 11.1 Å². The van der Waals surface area contributed by atoms with Gasteiger partial charge in [-0.3, -0.25) is 9.78 Å². The lowest BCUT2D eigenvalue weighted by molar-refractivity contribution is 0.102. The van der Waals surface area contributed by atoms with Crippen LogP contribution in [0.1, 0.15) is 10.5 Å². The van der Waals surface area contributed by atoms with Gasteiger partial charge in [0, 0.05) is 11.9 Å². The third kappa shape index (κ3) is 2.57. The van der Waals surface area contributed by atoms with Gasteiger partial charge in [-0.05, 0) is 30.3 Å². The molecule has 0 saturated carbocycles. The third-order valence-corrected chi connectivity index (χ3v) is 2.14. The number of nitrogen functional groups attached to an aromatic ring is 1. The Kier molecular flexibility index (Phi) is 3.00. The van der Waals surface area contributed by atoms with Crippen molar-refractivity contribution in [3.05, 3.63) is 54.1 Å². The van der Waals surface area contributed by atoms with Crippen LogP contribution in [0.5, 0.6) is 0 Å². The first-order chi connectivity index (χ1) is 8.16. The number of amides is 1. The number of aromatic nitrogens is 1. The van der Waals surface area contributed by atoms with Gasteiger partial charge in [-0.1, -0.05) is 6.07 Å². The van der Waals surface area contributed by atoms with Gasteiger partial charge in [0.15, 0.2) is 0 Å². The summed E-state index contributed by atoms with van der Waals surface area (Å²) in [6, 6.07) is 8.89. The zero-order chi connectivity index (χ0) is 12.3. The van der Waals surface area contributed by atoms with Gasteiger partial charge in [0.25, 0.3) is 5.91 Å². The van der Waals surface area contributed by atoms with Crippen molar-refractivity contribution in [2.24, 2.45) is 0 Å². The van der Waals surface area contributed by atoms with Crippen LogP contribution in [-0.2, 0) is 0 Å². The molecule has 0 saturated heterocycles. The number of benzene rings is 1. The van der Waals surface area contributed by atoms with Crippen molar-refractivity contribution in [3.63, 3.8) is 0 Å². The molecule has 0 fully saturated rings. The van der Waals surface area contributed by atoms with E-state index in [1.807, 2.05) is 0 Å². The molecule has 1 aromatic heterocycles. The third-order valence-electron chi connectivity index (χ3n) is 2.14. The van der Waals surface area contributed by atoms with Crippen LogP contribution in [0.3, 0.4) is 0 Å². The number of nitrogens with one attached hydrogen (secondary N) is 1. The lowest BCUT2D eigenvalue weighted by Gasteiger charge is -2.06. The van der Waals surface area contributed by atoms with E-state index < -0.39 is 11.7 Å². The number of hydrogen-bond donors (Lipinski definition) is 2. The van der Waals surface area contributed by atoms with E-state index in [1.165, 1.54) is 24.4 Å². The molecule has 0 aliphatic rings. The molecule has 0 spiro atoms. The van der Waals surface area contributed by atoms with E-state index in [0.29, 0.717) is 5.69 Å². The van der Waals surface area contributed by atoms with E-state index in [4.69, 9.17) is 5.73 Å². The molecule has 0 bridgehead atoms. The molecule has 0 unspecified atom stereocenters. The Morgan fingerprint density at radius 1 is 1.29 bits per heavy atom. The molecule has 3 N–H and O–H groups in total. The highest BCUT2D eigenvalue weighted by molar-refractivity contribution is 6.03. The first kappa shape index (κ1) is 11.1. The molecule has 0 radical (unpaired) electrons. The number of hydrogen-bond acceptors (Lipinski definition) is 3. The standard InChI is InChI=1S/C12H10FN3O/c13-9-5-4-8(14)7-11(9)16-12(17)10-3-1-2-6-15-10/h1-7H,14H2,(H,16,17). The summed E-state index contributed by atoms with van der Waals surface area (Å²) in [5.41, 5.74) is 6.15. The Morgan fingerprint density at radius 2 is 2.12 bits per heavy atom. The number of carbonyl (C=O) groups excluding carboxylic acids is 1. The predicted molar refractivity (Wildman–Crippen MR) is 63.0 cm³/mol. The van der Waals surface area contributed by atoms with E-state index >= 15 is 0 Å². The Balaban J connectivity index is 2.22. The predicted octanol–water partition coefficient (Wildman–Crippen LogP) is 2.06. The van der Waals surface area contributed by atoms with Crippen molar-refractivity contribution in [1.82, 2.24) is 4.98 Å². The maximum atomic E-state index is 13.4. The SMILES string of the molecule is Nc1ccc(F)c(NC(=O)c2ccccn2)c1. The fraction of sp³-hybridized carbons (Fsp3) is 0. The summed E-state index contributed by atoms with van der Waals surface area (Å²) < 4.78 is 13.4. The average Bonchev–Trinajstić information content (AvgIpc) is 2.35. The van der Waals surface area contributed by atoms with Gasteiger partial charge < -0.3 is 11.1 Å². The molecular formula is C12H10FN3O. The Morgan fingerprint density at radius 3 is 2.82 bits per heavy atom. The van der Waals surface area contributed by atoms with Crippen LogP contribution in [-0.4, -0.2) is 10.9 Å². The van der Waals surface area contributed by atoms with Gasteiger partial charge in [-0.15, -0.1) is 0 Å². The number of nitrogens with zero attached hydrogens (tertiary/aromatic N) is 1. The first-order valence-electron chi connectivity index (χ1n) is 4.94. The van der Waals surface area contributed by atoms with Crippen LogP contribution in [0.25, 0.3) is 0 Å². The fourth-order valence-electron chi connectivity index (χ4n) is 1.32. The Hall–Kier alpha value is -2.43. The van der Waals surface area contributed by atoms with Crippen LogP contribution in [0.4, 0.5) is 15.8 Å². The number of anilines is 2. The topological polar surface area (TPSA) is 68.0 Å². The first-order valence-corrected chi connectivity index (χ1v) is 4.94. The van der Waals surface area contributed by atoms with Gasteiger partial charge in [0.05, 0.1) is 5.69 Å². The molecule has 1 heterocycles. The number of pyridine rings is 1. The number of rotatable bonds is 2. The summed E-state index contributed by atoms with van der Waals surface area (Å²) in [6.07, 6.45) is 1.49. The molecule has 2 aromatic rings. The molecule has 4 nitrogen and oxygen atoms in total. The molecular weight excluding hydrogens is 221 g/mol. The second-order valence-electron chi connectivity index (χ2n) is 3.41. The minimum absolute atomic E-state index is 0.0423. The molecule has 1 aromatic carbocycles. The van der Waals surface area contributed by atoms with Crippen LogP contribution in [0.2, 0.25) is 0 Å². The normalized spacial score (nSPS) is 9.94. The van der Waals surface area contributed by atoms with Crippen molar-refractivity contribution < 1.29 is 9.18 Å². The molecule has 1 amide bonds. The van der Waals surface area contributed by atoms with Crippen molar-refractivity contribution >= 4 is 17.3 Å². The molecule has 5 heteroatoms. The summed E-state index contributed by atoms with van der Waals surface area (Å²) in [4.78, 5) is 15.6. The maximum absolute atomic E-state index is 13.4. The number of carbonyl (C=O) groups is 1. The van der Waals surface area contributed by atoms with E-state index in [9.17, 15) is 9.18 Å². The summed E-state index contributed by atoms with van der Waals surface area (Å²) in [5, 5.41) is 2.41. The van der Waals surface area contributed by atoms with Gasteiger partial charge >= 0.3 is 0 Å². The van der Waals surface area contributed by atoms with Crippen molar-refractivity contribution in [2.45, 2.75) is 0 Å². The zero-order valence-corrected chi connectivity index (χ0v) is 8.85. The van der Waals surface area contributed by atoms with Crippen LogP contribution in [0.15, 0.2) is 42.6 Å². The minimum atomic E-state index is -0.538. The average molecular weight is 231 g/mol. The van der Waals surface area contributed by atoms with Gasteiger partial charge in [0.2, 0.25) is 0 Å². The Labute approximate surface area is 97.3 Å². The quantitative estimate of drug-likeness (QED) is 0.777. The second-order valence-corrected chi connectivity index (χ2v) is 3.41. The second kappa shape index (κ2) is 4.61. The van der Waals surface area contributed by atoms with E-state index in [2.05, 4.69) is 10.3 Å². The molecule has 2 rings (SSSR count). The van der Waals surface area contributed by atoms with E-state index in [-0.39, 0.29) is 11.4 Å². The Bertz CT molecular complexity index is 543. The summed E-state index contributed by atoms with van der Waals surface area (Å²) >= 11 is 0. The highest BCUT2D eigenvalue weighted by atomic mass is 19.1. The van der Waals surface area contributed by atoms with Gasteiger partial charge in [-0.25, -0.2) is 4.39 Å². The number of halogens is 1. The molecule has 0 atom stereocenters. The van der Waals surface area contributed by atoms with E-state index in [1.54, 1.807) is 18.2 Å². The molecule has 86 valence electrons. The number of nitrogens with two attached hydrogens (primary N) is 1. The maximum Gasteiger partial charge on any atom is 0.274 e. The highest BCUT2D eigenvalue weighted by Crippen LogP contribution is 2.17. The fourth-order valence-corrected chi connectivity index (χ4v) is 1.32. The smallest absolute Gasteiger partial charge is 0.274 e. The van der Waals surface area contributed by atoms with Gasteiger partial charge in [0.1, 0.15) is 11.5 Å². The molecule has 0 aliphatic carbocycles. The van der Waals surface area contributed by atoms with Crippen molar-refractivity contribution in [3.8, 4) is 0 Å². The van der Waals surface area contributed by atoms with Gasteiger partial charge in [-0.2, -0.15) is 0 Å². The summed E-state index contributed by atoms with van der Waals surface area (Å²) in [6.45, 7) is 0. The lowest BCUT2D eigenvalue weighted by Crippen LogP contribution is -2.14. The van der Waals surface area contributed by atoms with E-state index in [0.717, 1.165) is 0 Å². The summed E-state index contributed by atoms with van der Waals surface area (Å²) in [7, 11) is 0. The largest absolute Gasteiger partial charge is 0.399 e. The van der Waals surface area contributed by atoms with Crippen LogP contribution in [0, 0.1) is 5.82 Å². The monoisotopic (exact) mass is 231 g/mol. The van der Waals surface area contributed by atoms with Crippen LogP contribution >= 0.6 is 0 Å². The summed E-state index contributed by atoms with van der Waals surface area (Å²) in [5.74, 6) is -1.02.